The molecule has 0 aliphatic heterocycles. The van der Waals surface area contributed by atoms with Gasteiger partial charge < -0.3 is 19.9 Å². The van der Waals surface area contributed by atoms with E-state index in [1.807, 2.05) is 29.7 Å². The fraction of sp³-hybridized carbons (Fsp3) is 0.333. The van der Waals surface area contributed by atoms with E-state index >= 15 is 0 Å². The van der Waals surface area contributed by atoms with Crippen LogP contribution in [0.15, 0.2) is 30.7 Å². The van der Waals surface area contributed by atoms with Gasteiger partial charge in [-0.25, -0.2) is 4.79 Å². The minimum atomic E-state index is -0.322. The van der Waals surface area contributed by atoms with Crippen LogP contribution in [0.3, 0.4) is 0 Å². The molecule has 9 heteroatoms. The molecule has 9 nitrogen and oxygen atoms in total. The highest BCUT2D eigenvalue weighted by molar-refractivity contribution is 6.00. The quantitative estimate of drug-likeness (QED) is 0.637. The lowest BCUT2D eigenvalue weighted by atomic mass is 10.2. The number of amides is 2. The lowest BCUT2D eigenvalue weighted by Crippen LogP contribution is -2.32. The Balaban J connectivity index is 1.66. The molecule has 2 aromatic heterocycles. The normalized spacial score (nSPS) is 12.2. The van der Waals surface area contributed by atoms with Crippen LogP contribution in [0.25, 0.3) is 10.9 Å². The minimum absolute atomic E-state index is 0.298. The first-order valence-electron chi connectivity index (χ1n) is 7.55. The number of aromatic nitrogens is 5. The molecule has 0 aliphatic carbocycles. The Morgan fingerprint density at radius 1 is 1.46 bits per heavy atom. The number of anilines is 1. The summed E-state index contributed by atoms with van der Waals surface area (Å²) >= 11 is 0. The summed E-state index contributed by atoms with van der Waals surface area (Å²) in [6.07, 6.45) is 3.30. The van der Waals surface area contributed by atoms with E-state index in [-0.39, 0.29) is 12.1 Å². The number of carbonyl (C=O) groups is 1. The number of rotatable bonds is 6. The third-order valence-corrected chi connectivity index (χ3v) is 3.65. The third-order valence-electron chi connectivity index (χ3n) is 3.65. The van der Waals surface area contributed by atoms with E-state index < -0.39 is 0 Å². The van der Waals surface area contributed by atoms with Crippen molar-refractivity contribution in [1.29, 1.82) is 0 Å². The van der Waals surface area contributed by atoms with E-state index in [9.17, 15) is 4.79 Å². The number of hydrogen-bond donors (Lipinski definition) is 3. The predicted molar refractivity (Wildman–Crippen MR) is 88.6 cm³/mol. The zero-order valence-electron chi connectivity index (χ0n) is 13.5. The molecule has 0 saturated carbocycles. The molecule has 3 N–H and O–H groups in total. The molecule has 2 amide bonds. The van der Waals surface area contributed by atoms with Crippen molar-refractivity contribution in [3.63, 3.8) is 0 Å². The summed E-state index contributed by atoms with van der Waals surface area (Å²) in [6, 6.07) is 4.95. The van der Waals surface area contributed by atoms with Gasteiger partial charge >= 0.3 is 6.03 Å². The Kier molecular flexibility index (Phi) is 4.71. The van der Waals surface area contributed by atoms with Crippen LogP contribution in [0.5, 0.6) is 0 Å². The first-order chi connectivity index (χ1) is 11.7. The first-order valence-corrected chi connectivity index (χ1v) is 7.55. The summed E-state index contributed by atoms with van der Waals surface area (Å²) in [7, 11) is 1.63. The van der Waals surface area contributed by atoms with Gasteiger partial charge in [-0.05, 0) is 19.1 Å². The van der Waals surface area contributed by atoms with Gasteiger partial charge in [-0.15, -0.1) is 10.2 Å². The standard InChI is InChI=1S/C15H19N7O2/c1-10(14-21-17-9-22(14)6-7-24-2)18-15(23)19-12-4-3-5-13-11(12)8-16-20-13/h3-5,8-10H,6-7H2,1-2H3,(H,16,20)(H2,18,19,23)/t10-/m0/s1. The lowest BCUT2D eigenvalue weighted by Gasteiger charge is -2.15. The number of aromatic amines is 1. The average Bonchev–Trinajstić information content (AvgIpc) is 3.22. The van der Waals surface area contributed by atoms with Crippen molar-refractivity contribution >= 4 is 22.6 Å². The number of H-pyrrole nitrogens is 1. The molecule has 3 aromatic rings. The molecule has 0 spiro atoms. The van der Waals surface area contributed by atoms with Gasteiger partial charge in [-0.3, -0.25) is 5.10 Å². The summed E-state index contributed by atoms with van der Waals surface area (Å²) in [5.74, 6) is 0.670. The van der Waals surface area contributed by atoms with Crippen LogP contribution in [0.1, 0.15) is 18.8 Å². The summed E-state index contributed by atoms with van der Waals surface area (Å²) in [5, 5.41) is 21.4. The molecule has 0 bridgehead atoms. The van der Waals surface area contributed by atoms with Gasteiger partial charge in [0.15, 0.2) is 5.82 Å². The van der Waals surface area contributed by atoms with Crippen molar-refractivity contribution in [1.82, 2.24) is 30.3 Å². The second-order valence-electron chi connectivity index (χ2n) is 5.33. The van der Waals surface area contributed by atoms with E-state index in [0.717, 1.165) is 10.9 Å². The van der Waals surface area contributed by atoms with E-state index in [1.54, 1.807) is 19.6 Å². The Labute approximate surface area is 138 Å². The van der Waals surface area contributed by atoms with Crippen LogP contribution in [0, 0.1) is 0 Å². The fourth-order valence-electron chi connectivity index (χ4n) is 2.46. The highest BCUT2D eigenvalue weighted by Crippen LogP contribution is 2.21. The van der Waals surface area contributed by atoms with Crippen LogP contribution in [-0.4, -0.2) is 44.7 Å². The molecule has 0 aliphatic rings. The van der Waals surface area contributed by atoms with Gasteiger partial charge in [0.2, 0.25) is 0 Å². The van der Waals surface area contributed by atoms with Crippen LogP contribution >= 0.6 is 0 Å². The van der Waals surface area contributed by atoms with E-state index in [0.29, 0.717) is 24.7 Å². The number of hydrogen-bond acceptors (Lipinski definition) is 5. The van der Waals surface area contributed by atoms with Gasteiger partial charge in [-0.2, -0.15) is 5.10 Å². The second-order valence-corrected chi connectivity index (χ2v) is 5.33. The van der Waals surface area contributed by atoms with Gasteiger partial charge in [-0.1, -0.05) is 6.07 Å². The van der Waals surface area contributed by atoms with Crippen molar-refractivity contribution in [3.05, 3.63) is 36.5 Å². The van der Waals surface area contributed by atoms with Crippen molar-refractivity contribution in [2.24, 2.45) is 0 Å². The van der Waals surface area contributed by atoms with Crippen LogP contribution in [0.4, 0.5) is 10.5 Å². The fourth-order valence-corrected chi connectivity index (χ4v) is 2.46. The summed E-state index contributed by atoms with van der Waals surface area (Å²) in [6.45, 7) is 3.03. The molecule has 2 heterocycles. The Bertz CT molecular complexity index is 826. The summed E-state index contributed by atoms with van der Waals surface area (Å²) in [4.78, 5) is 12.3. The summed E-state index contributed by atoms with van der Waals surface area (Å²) < 4.78 is 6.91. The van der Waals surface area contributed by atoms with Gasteiger partial charge in [0, 0.05) is 19.0 Å². The van der Waals surface area contributed by atoms with Gasteiger partial charge in [0.1, 0.15) is 6.33 Å². The SMILES string of the molecule is COCCn1cnnc1[C@H](C)NC(=O)Nc1cccc2[nH]ncc12. The van der Waals surface area contributed by atoms with Crippen LogP contribution in [-0.2, 0) is 11.3 Å². The molecule has 1 aromatic carbocycles. The first kappa shape index (κ1) is 15.9. The molecule has 1 atom stereocenters. The second kappa shape index (κ2) is 7.09. The summed E-state index contributed by atoms with van der Waals surface area (Å²) in [5.41, 5.74) is 1.55. The Morgan fingerprint density at radius 3 is 3.17 bits per heavy atom. The molecular formula is C15H19N7O2. The zero-order valence-corrected chi connectivity index (χ0v) is 13.5. The minimum Gasteiger partial charge on any atom is -0.383 e. The molecule has 126 valence electrons. The number of methoxy groups -OCH3 is 1. The number of urea groups is 1. The Hall–Kier alpha value is -2.94. The number of benzene rings is 1. The zero-order chi connectivity index (χ0) is 16.9. The smallest absolute Gasteiger partial charge is 0.319 e. The van der Waals surface area contributed by atoms with Crippen LogP contribution < -0.4 is 10.6 Å². The Morgan fingerprint density at radius 2 is 2.33 bits per heavy atom. The lowest BCUT2D eigenvalue weighted by molar-refractivity contribution is 0.185. The highest BCUT2D eigenvalue weighted by Gasteiger charge is 2.16. The number of carbonyl (C=O) groups excluding carboxylic acids is 1. The highest BCUT2D eigenvalue weighted by atomic mass is 16.5. The number of ether oxygens (including phenoxy) is 1. The molecule has 24 heavy (non-hydrogen) atoms. The average molecular weight is 329 g/mol. The maximum absolute atomic E-state index is 12.3. The largest absolute Gasteiger partial charge is 0.383 e. The molecule has 0 radical (unpaired) electrons. The van der Waals surface area contributed by atoms with Gasteiger partial charge in [0.05, 0.1) is 30.0 Å². The number of nitrogens with one attached hydrogen (secondary N) is 3. The van der Waals surface area contributed by atoms with E-state index in [4.69, 9.17) is 4.74 Å². The maximum Gasteiger partial charge on any atom is 0.319 e. The monoisotopic (exact) mass is 329 g/mol. The number of nitrogens with zero attached hydrogens (tertiary/aromatic N) is 4. The van der Waals surface area contributed by atoms with Crippen molar-refractivity contribution in [2.45, 2.75) is 19.5 Å². The molecular weight excluding hydrogens is 310 g/mol. The topological polar surface area (TPSA) is 110 Å². The van der Waals surface area contributed by atoms with Crippen molar-refractivity contribution in [2.75, 3.05) is 19.0 Å². The molecule has 0 saturated heterocycles. The number of fused-ring (bicyclic) bond motifs is 1. The van der Waals surface area contributed by atoms with Gasteiger partial charge in [0.25, 0.3) is 0 Å². The van der Waals surface area contributed by atoms with Crippen molar-refractivity contribution < 1.29 is 9.53 Å². The van der Waals surface area contributed by atoms with E-state index in [1.165, 1.54) is 0 Å². The molecule has 3 rings (SSSR count). The van der Waals surface area contributed by atoms with E-state index in [2.05, 4.69) is 31.0 Å². The molecule has 0 unspecified atom stereocenters. The van der Waals surface area contributed by atoms with Crippen molar-refractivity contribution in [3.8, 4) is 0 Å². The predicted octanol–water partition coefficient (Wildman–Crippen LogP) is 1.68. The van der Waals surface area contributed by atoms with Crippen LogP contribution in [0.2, 0.25) is 0 Å². The maximum atomic E-state index is 12.3. The molecule has 0 fully saturated rings. The third kappa shape index (κ3) is 3.35.